The maximum absolute atomic E-state index is 6.91. The van der Waals surface area contributed by atoms with Crippen LogP contribution < -0.4 is 67.3 Å². The monoisotopic (exact) mass is 585 g/mol. The van der Waals surface area contributed by atoms with Gasteiger partial charge in [-0.2, -0.15) is 4.57 Å². The van der Waals surface area contributed by atoms with Crippen LogP contribution in [-0.4, -0.2) is 18.1 Å². The molecule has 36 heavy (non-hydrogen) atoms. The van der Waals surface area contributed by atoms with Crippen molar-refractivity contribution in [1.82, 2.24) is 4.98 Å². The molecule has 5 rings (SSSR count). The van der Waals surface area contributed by atoms with E-state index in [1.165, 1.54) is 18.5 Å². The van der Waals surface area contributed by atoms with E-state index < -0.39 is 0 Å². The van der Waals surface area contributed by atoms with Crippen molar-refractivity contribution in [3.05, 3.63) is 83.6 Å². The molecule has 4 aromatic heterocycles. The van der Waals surface area contributed by atoms with E-state index >= 15 is 0 Å². The maximum atomic E-state index is 6.91. The van der Waals surface area contributed by atoms with Crippen LogP contribution in [0.25, 0.3) is 17.3 Å². The minimum absolute atomic E-state index is 0. The number of aromatic nitrogens is 4. The second-order valence-corrected chi connectivity index (χ2v) is 8.73. The summed E-state index contributed by atoms with van der Waals surface area (Å²) in [5, 5.41) is 0.849. The normalized spacial score (nSPS) is 12.3. The Hall–Kier alpha value is -2.55. The number of nitrogens with two attached hydrogens (primary N) is 2. The Labute approximate surface area is 238 Å². The molecule has 5 heterocycles. The Balaban J connectivity index is 0.00000152. The molecule has 7 nitrogen and oxygen atoms in total. The molecule has 0 radical (unpaired) electrons. The highest BCUT2D eigenvalue weighted by atomic mass is 35.5. The molecule has 190 valence electrons. The van der Waals surface area contributed by atoms with Gasteiger partial charge in [0, 0.05) is 71.5 Å². The van der Waals surface area contributed by atoms with Gasteiger partial charge in [0.2, 0.25) is 10.0 Å². The molecular formula is C24H24Cl5N7. The Morgan fingerprint density at radius 3 is 1.44 bits per heavy atom. The zero-order valence-electron chi connectivity index (χ0n) is 19.0. The lowest BCUT2D eigenvalue weighted by atomic mass is 10.3. The average Bonchev–Trinajstić information content (AvgIpc) is 3.36. The van der Waals surface area contributed by atoms with E-state index in [2.05, 4.69) is 17.0 Å². The Morgan fingerprint density at radius 2 is 1.03 bits per heavy atom. The summed E-state index contributed by atoms with van der Waals surface area (Å²) in [6.07, 6.45) is 13.7. The molecule has 0 aromatic carbocycles. The van der Waals surface area contributed by atoms with E-state index in [9.17, 15) is 0 Å². The van der Waals surface area contributed by atoms with Crippen LogP contribution in [0.15, 0.2) is 73.6 Å². The molecule has 0 saturated carbocycles. The van der Waals surface area contributed by atoms with Gasteiger partial charge in [-0.25, -0.2) is 9.13 Å². The lowest BCUT2D eigenvalue weighted by Crippen LogP contribution is -3.00. The minimum Gasteiger partial charge on any atom is -1.00 e. The first-order chi connectivity index (χ1) is 16.0. The van der Waals surface area contributed by atoms with Gasteiger partial charge in [0.05, 0.1) is 24.8 Å². The Bertz CT molecular complexity index is 1220. The fraction of sp³-hybridized carbons (Fsp3) is 0.167. The summed E-state index contributed by atoms with van der Waals surface area (Å²) >= 11 is 13.8. The first-order valence-electron chi connectivity index (χ1n) is 10.7. The number of pyridine rings is 4. The molecule has 1 saturated heterocycles. The number of hydrogen-bond donors (Lipinski definition) is 2. The van der Waals surface area contributed by atoms with Gasteiger partial charge in [-0.3, -0.25) is 0 Å². The summed E-state index contributed by atoms with van der Waals surface area (Å²) in [6, 6.07) is 11.3. The van der Waals surface area contributed by atoms with Crippen molar-refractivity contribution in [2.24, 2.45) is 0 Å². The molecule has 0 bridgehead atoms. The summed E-state index contributed by atoms with van der Waals surface area (Å²) < 4.78 is 5.56. The van der Waals surface area contributed by atoms with Gasteiger partial charge in [0.25, 0.3) is 5.69 Å². The van der Waals surface area contributed by atoms with Crippen molar-refractivity contribution in [2.45, 2.75) is 12.8 Å². The predicted molar refractivity (Wildman–Crippen MR) is 129 cm³/mol. The van der Waals surface area contributed by atoms with Gasteiger partial charge in [-0.15, -0.1) is 0 Å². The van der Waals surface area contributed by atoms with Crippen molar-refractivity contribution in [3.8, 4) is 17.3 Å². The number of halogens is 5. The molecule has 1 fully saturated rings. The molecule has 0 unspecified atom stereocenters. The number of rotatable bonds is 4. The fourth-order valence-electron chi connectivity index (χ4n) is 3.99. The smallest absolute Gasteiger partial charge is 0.358 e. The summed E-state index contributed by atoms with van der Waals surface area (Å²) in [5.74, 6) is 1.07. The van der Waals surface area contributed by atoms with Crippen LogP contribution in [0.4, 0.5) is 17.1 Å². The topological polar surface area (TPSA) is 79.8 Å². The molecule has 0 atom stereocenters. The number of nitrogens with zero attached hydrogens (tertiary/aromatic N) is 5. The third-order valence-electron chi connectivity index (χ3n) is 5.76. The summed E-state index contributed by atoms with van der Waals surface area (Å²) in [7, 11) is 0. The van der Waals surface area contributed by atoms with E-state index in [4.69, 9.17) is 39.7 Å². The molecule has 0 aliphatic carbocycles. The number of anilines is 3. The van der Waals surface area contributed by atoms with E-state index in [1.54, 1.807) is 24.3 Å². The number of hydrogen-bond acceptors (Lipinski definition) is 4. The summed E-state index contributed by atoms with van der Waals surface area (Å²) in [5.41, 5.74) is 14.9. The molecule has 0 spiro atoms. The van der Waals surface area contributed by atoms with Gasteiger partial charge in [-0.05, 0) is 12.8 Å². The fourth-order valence-corrected chi connectivity index (χ4v) is 4.70. The molecular weight excluding hydrogens is 564 g/mol. The van der Waals surface area contributed by atoms with Crippen LogP contribution in [-0.2, 0) is 0 Å². The lowest BCUT2D eigenvalue weighted by molar-refractivity contribution is -0.617. The second-order valence-electron chi connectivity index (χ2n) is 7.97. The van der Waals surface area contributed by atoms with Crippen molar-refractivity contribution in [2.75, 3.05) is 29.5 Å². The highest BCUT2D eigenvalue weighted by molar-refractivity contribution is 6.38. The van der Waals surface area contributed by atoms with E-state index in [0.717, 1.165) is 13.1 Å². The van der Waals surface area contributed by atoms with Crippen LogP contribution in [0, 0.1) is 0 Å². The molecule has 1 aliphatic heterocycles. The quantitative estimate of drug-likeness (QED) is 0.233. The van der Waals surface area contributed by atoms with E-state index in [1.807, 2.05) is 50.9 Å². The van der Waals surface area contributed by atoms with Crippen LogP contribution in [0.5, 0.6) is 0 Å². The van der Waals surface area contributed by atoms with Gasteiger partial charge < -0.3 is 53.6 Å². The first-order valence-corrected chi connectivity index (χ1v) is 11.5. The molecule has 4 aromatic rings. The van der Waals surface area contributed by atoms with Gasteiger partial charge >= 0.3 is 11.6 Å². The Kier molecular flexibility index (Phi) is 10.4. The molecule has 12 heteroatoms. The SMILES string of the molecule is Nc1cc[n+](-c2nc(-[n+]3ccc(N)cc3)c(Cl)c(-[n+]3ccc(N4CCCC4)cc3)c2Cl)cc1.[Cl-].[Cl-].[Cl-]. The van der Waals surface area contributed by atoms with Crippen LogP contribution >= 0.6 is 23.2 Å². The van der Waals surface area contributed by atoms with Crippen molar-refractivity contribution in [3.63, 3.8) is 0 Å². The summed E-state index contributed by atoms with van der Waals surface area (Å²) in [4.78, 5) is 7.18. The standard InChI is InChI=1S/C24H22Cl2N7.3ClH/c25-20-22(31-15-7-19(8-16-31)30-9-1-2-10-30)21(26)24(33-13-5-18(28)6-14-33)29-23(20)32-11-3-17(27)4-12-32;;;/h3-8,11-16,27-28H,1-2,9-10H2;3*1H/q+1;;;/p-1. The second kappa shape index (κ2) is 12.6. The van der Waals surface area contributed by atoms with Gasteiger partial charge in [0.1, 0.15) is 0 Å². The first kappa shape index (κ1) is 29.7. The maximum Gasteiger partial charge on any atom is 0.358 e. The van der Waals surface area contributed by atoms with Crippen molar-refractivity contribution >= 4 is 40.3 Å². The zero-order chi connectivity index (χ0) is 22.9. The van der Waals surface area contributed by atoms with Crippen LogP contribution in [0.2, 0.25) is 10.0 Å². The Morgan fingerprint density at radius 1 is 0.639 bits per heavy atom. The molecule has 1 aliphatic rings. The predicted octanol–water partition coefficient (Wildman–Crippen LogP) is -6.00. The molecule has 4 N–H and O–H groups in total. The van der Waals surface area contributed by atoms with Crippen LogP contribution in [0.3, 0.4) is 0 Å². The van der Waals surface area contributed by atoms with Crippen molar-refractivity contribution in [1.29, 1.82) is 0 Å². The van der Waals surface area contributed by atoms with Gasteiger partial charge in [0.15, 0.2) is 12.4 Å². The minimum atomic E-state index is 0. The van der Waals surface area contributed by atoms with Crippen molar-refractivity contribution < 1.29 is 50.9 Å². The molecule has 0 amide bonds. The number of nitrogen functional groups attached to an aromatic ring is 2. The third kappa shape index (κ3) is 5.88. The highest BCUT2D eigenvalue weighted by Gasteiger charge is 2.34. The van der Waals surface area contributed by atoms with Gasteiger partial charge in [-0.1, -0.05) is 23.2 Å². The largest absolute Gasteiger partial charge is 1.00 e. The summed E-state index contributed by atoms with van der Waals surface area (Å²) in [6.45, 7) is 2.16. The van der Waals surface area contributed by atoms with E-state index in [0.29, 0.717) is 38.7 Å². The third-order valence-corrected chi connectivity index (χ3v) is 6.46. The lowest BCUT2D eigenvalue weighted by Gasteiger charge is -2.16. The average molecular weight is 588 g/mol. The van der Waals surface area contributed by atoms with Crippen LogP contribution in [0.1, 0.15) is 12.8 Å². The van der Waals surface area contributed by atoms with E-state index in [-0.39, 0.29) is 37.2 Å². The highest BCUT2D eigenvalue weighted by Crippen LogP contribution is 2.30. The zero-order valence-corrected chi connectivity index (χ0v) is 22.8.